The number of carbonyl (C=O) groups excluding carboxylic acids is 3. The first kappa shape index (κ1) is 42.1. The van der Waals surface area contributed by atoms with Gasteiger partial charge < -0.3 is 41.0 Å². The van der Waals surface area contributed by atoms with Crippen LogP contribution in [-0.4, -0.2) is 125 Å². The Kier molecular flexibility index (Phi) is 11.9. The molecule has 8 rings (SSSR count). The van der Waals surface area contributed by atoms with E-state index in [0.29, 0.717) is 86.2 Å². The standard InChI is InChI=1S/C43H47N13O7/c1-5-45-41(61)39-52-51-38(30-18-29(24(2)3)31(57)19-32(30)58)56(39)27-8-6-25(7-9-27)22-53-14-16-54(17-15-53)34(59)23-63-33-11-10-28-35(36(33)62-4)49-43(55-13-12-46-37(28)55)50-40(60)26-20-47-42(44)48-21-26/h6-11,18-21,24,46,57-58H,5,12-17,22-23H2,1-4H3,(H,45,61)(H2,44,47,48). The number of piperazine rings is 1. The Hall–Kier alpha value is -7.61. The number of methoxy groups -OCH3 is 1. The molecule has 0 saturated carbocycles. The minimum Gasteiger partial charge on any atom is -0.508 e. The van der Waals surface area contributed by atoms with E-state index < -0.39 is 11.8 Å². The van der Waals surface area contributed by atoms with Crippen LogP contribution >= 0.6 is 0 Å². The molecule has 3 aromatic carbocycles. The van der Waals surface area contributed by atoms with Gasteiger partial charge >= 0.3 is 0 Å². The number of hydrogen-bond donors (Lipinski definition) is 5. The average Bonchev–Trinajstić information content (AvgIpc) is 3.95. The van der Waals surface area contributed by atoms with Crippen molar-refractivity contribution in [2.24, 2.45) is 4.99 Å². The summed E-state index contributed by atoms with van der Waals surface area (Å²) in [7, 11) is 1.49. The number of amides is 3. The van der Waals surface area contributed by atoms with Gasteiger partial charge in [0, 0.05) is 81.9 Å². The van der Waals surface area contributed by atoms with Gasteiger partial charge in [-0.3, -0.25) is 28.4 Å². The van der Waals surface area contributed by atoms with Gasteiger partial charge in [-0.2, -0.15) is 4.99 Å². The van der Waals surface area contributed by atoms with E-state index >= 15 is 0 Å². The number of nitrogens with one attached hydrogen (secondary N) is 2. The third-order valence-electron chi connectivity index (χ3n) is 10.9. The Morgan fingerprint density at radius 1 is 0.968 bits per heavy atom. The van der Waals surface area contributed by atoms with Crippen molar-refractivity contribution in [2.45, 2.75) is 39.8 Å². The van der Waals surface area contributed by atoms with Crippen molar-refractivity contribution in [2.75, 3.05) is 64.0 Å². The Balaban J connectivity index is 0.929. The summed E-state index contributed by atoms with van der Waals surface area (Å²) in [5, 5.41) is 36.7. The highest BCUT2D eigenvalue weighted by Gasteiger charge is 2.27. The summed E-state index contributed by atoms with van der Waals surface area (Å²) in [5.41, 5.74) is 8.88. The minimum atomic E-state index is -0.585. The highest BCUT2D eigenvalue weighted by Crippen LogP contribution is 2.39. The maximum absolute atomic E-state index is 13.4. The fourth-order valence-corrected chi connectivity index (χ4v) is 7.67. The molecule has 0 spiro atoms. The fourth-order valence-electron chi connectivity index (χ4n) is 7.67. The maximum atomic E-state index is 13.4. The highest BCUT2D eigenvalue weighted by atomic mass is 16.5. The van der Waals surface area contributed by atoms with Gasteiger partial charge in [-0.25, -0.2) is 15.0 Å². The normalized spacial score (nSPS) is 14.2. The van der Waals surface area contributed by atoms with Crippen LogP contribution in [0.1, 0.15) is 58.8 Å². The number of phenolic OH excluding ortho intramolecular Hbond substituents is 2. The van der Waals surface area contributed by atoms with E-state index in [1.54, 1.807) is 21.6 Å². The van der Waals surface area contributed by atoms with Crippen LogP contribution in [0.4, 0.5) is 11.8 Å². The molecule has 6 aromatic rings. The number of rotatable bonds is 12. The van der Waals surface area contributed by atoms with Gasteiger partial charge in [0.2, 0.25) is 17.4 Å². The summed E-state index contributed by atoms with van der Waals surface area (Å²) in [6.07, 6.45) is 2.61. The number of aromatic nitrogens is 7. The highest BCUT2D eigenvalue weighted by molar-refractivity contribution is 5.97. The quantitative estimate of drug-likeness (QED) is 0.119. The van der Waals surface area contributed by atoms with E-state index in [9.17, 15) is 24.6 Å². The largest absolute Gasteiger partial charge is 0.508 e. The molecule has 20 nitrogen and oxygen atoms in total. The summed E-state index contributed by atoms with van der Waals surface area (Å²) < 4.78 is 15.2. The van der Waals surface area contributed by atoms with Gasteiger partial charge in [-0.15, -0.1) is 10.2 Å². The van der Waals surface area contributed by atoms with Gasteiger partial charge in [0.25, 0.3) is 17.7 Å². The number of phenols is 2. The first-order valence-corrected chi connectivity index (χ1v) is 20.5. The summed E-state index contributed by atoms with van der Waals surface area (Å²) >= 11 is 0. The first-order valence-electron chi connectivity index (χ1n) is 20.5. The lowest BCUT2D eigenvalue weighted by Gasteiger charge is -2.34. The molecule has 3 aromatic heterocycles. The van der Waals surface area contributed by atoms with Crippen LogP contribution < -0.4 is 31.5 Å². The van der Waals surface area contributed by atoms with Crippen molar-refractivity contribution >= 4 is 40.4 Å². The molecular weight excluding hydrogens is 811 g/mol. The Labute approximate surface area is 361 Å². The van der Waals surface area contributed by atoms with Crippen molar-refractivity contribution in [1.29, 1.82) is 0 Å². The van der Waals surface area contributed by atoms with Crippen LogP contribution in [-0.2, 0) is 17.9 Å². The third-order valence-corrected chi connectivity index (χ3v) is 10.9. The second-order valence-corrected chi connectivity index (χ2v) is 15.3. The van der Waals surface area contributed by atoms with Gasteiger partial charge in [0.05, 0.1) is 18.2 Å². The van der Waals surface area contributed by atoms with Crippen LogP contribution in [0.2, 0.25) is 0 Å². The second-order valence-electron chi connectivity index (χ2n) is 15.3. The van der Waals surface area contributed by atoms with Crippen molar-refractivity contribution in [3.05, 3.63) is 89.1 Å². The summed E-state index contributed by atoms with van der Waals surface area (Å²) in [6, 6.07) is 14.2. The number of nitrogens with zero attached hydrogens (tertiary/aromatic N) is 10. The van der Waals surface area contributed by atoms with Crippen LogP contribution in [0.3, 0.4) is 0 Å². The number of ether oxygens (including phenoxy) is 2. The molecule has 3 amide bonds. The topological polar surface area (TPSA) is 253 Å². The number of nitrogen functional groups attached to an aromatic ring is 1. The molecule has 326 valence electrons. The number of aromatic hydroxyl groups is 2. The number of benzene rings is 3. The van der Waals surface area contributed by atoms with E-state index in [4.69, 9.17) is 20.2 Å². The number of hydrogen-bond acceptors (Lipinski definition) is 15. The van der Waals surface area contributed by atoms with Gasteiger partial charge in [-0.05, 0) is 54.3 Å². The average molecular weight is 858 g/mol. The Morgan fingerprint density at radius 3 is 2.41 bits per heavy atom. The molecule has 1 fully saturated rings. The Morgan fingerprint density at radius 2 is 1.71 bits per heavy atom. The van der Waals surface area contributed by atoms with E-state index in [0.717, 1.165) is 16.8 Å². The minimum absolute atomic E-state index is 0.0320. The molecule has 63 heavy (non-hydrogen) atoms. The van der Waals surface area contributed by atoms with Crippen LogP contribution in [0, 0.1) is 0 Å². The number of anilines is 2. The third kappa shape index (κ3) is 8.52. The predicted octanol–water partition coefficient (Wildman–Crippen LogP) is 2.84. The van der Waals surface area contributed by atoms with E-state index in [1.165, 1.54) is 25.6 Å². The molecule has 0 unspecified atom stereocenters. The second kappa shape index (κ2) is 17.8. The molecular formula is C43H47N13O7. The zero-order valence-corrected chi connectivity index (χ0v) is 35.2. The summed E-state index contributed by atoms with van der Waals surface area (Å²) in [6.45, 7) is 9.87. The van der Waals surface area contributed by atoms with E-state index in [2.05, 4.69) is 40.7 Å². The lowest BCUT2D eigenvalue weighted by Crippen LogP contribution is -2.49. The molecule has 0 atom stereocenters. The van der Waals surface area contributed by atoms with Gasteiger partial charge in [0.15, 0.2) is 23.9 Å². The maximum Gasteiger partial charge on any atom is 0.289 e. The molecule has 0 aliphatic carbocycles. The van der Waals surface area contributed by atoms with Crippen LogP contribution in [0.25, 0.3) is 28.0 Å². The molecule has 5 heterocycles. The number of nitrogens with two attached hydrogens (primary N) is 1. The van der Waals surface area contributed by atoms with Crippen molar-refractivity contribution < 1.29 is 34.1 Å². The molecule has 2 aliphatic rings. The summed E-state index contributed by atoms with van der Waals surface area (Å²) in [4.78, 5) is 60.3. The monoisotopic (exact) mass is 857 g/mol. The first-order chi connectivity index (χ1) is 30.4. The zero-order chi connectivity index (χ0) is 44.4. The SMILES string of the molecule is CCNC(=O)c1nnc(-c2cc(C(C)C)c(O)cc2O)n1-c1ccc(CN2CCN(C(=O)COc3ccc4c5n(c(=NC(=O)c6cnc(N)nc6)nc4c3OC)CCN5)CC2)cc1. The summed E-state index contributed by atoms with van der Waals surface area (Å²) in [5.74, 6) is 0.237. The van der Waals surface area contributed by atoms with Crippen molar-refractivity contribution in [3.8, 4) is 40.1 Å². The molecule has 0 radical (unpaired) electrons. The number of carbonyl (C=O) groups is 3. The molecule has 0 bridgehead atoms. The fraction of sp³-hybridized carbons (Fsp3) is 0.326. The van der Waals surface area contributed by atoms with Crippen LogP contribution in [0.5, 0.6) is 23.0 Å². The van der Waals surface area contributed by atoms with Gasteiger partial charge in [0.1, 0.15) is 22.8 Å². The lowest BCUT2D eigenvalue weighted by molar-refractivity contribution is -0.135. The Bertz CT molecular complexity index is 2780. The molecule has 20 heteroatoms. The van der Waals surface area contributed by atoms with E-state index in [-0.39, 0.29) is 58.7 Å². The molecule has 2 aliphatic heterocycles. The molecule has 6 N–H and O–H groups in total. The molecule has 1 saturated heterocycles. The van der Waals surface area contributed by atoms with Crippen molar-refractivity contribution in [1.82, 2.24) is 49.4 Å². The van der Waals surface area contributed by atoms with Gasteiger partial charge in [-0.1, -0.05) is 26.0 Å². The number of fused-ring (bicyclic) bond motifs is 3. The lowest BCUT2D eigenvalue weighted by atomic mass is 9.98. The van der Waals surface area contributed by atoms with Crippen LogP contribution in [0.15, 0.2) is 65.9 Å². The predicted molar refractivity (Wildman–Crippen MR) is 231 cm³/mol. The zero-order valence-electron chi connectivity index (χ0n) is 35.2. The van der Waals surface area contributed by atoms with Crippen molar-refractivity contribution in [3.63, 3.8) is 0 Å². The van der Waals surface area contributed by atoms with E-state index in [1.807, 2.05) is 55.7 Å². The smallest absolute Gasteiger partial charge is 0.289 e.